The number of hydrogen-bond donors (Lipinski definition) is 0. The minimum atomic E-state index is 0.104. The molecule has 0 aliphatic rings. The maximum Gasteiger partial charge on any atom is 0.155 e. The van der Waals surface area contributed by atoms with Crippen molar-refractivity contribution in [2.45, 2.75) is 19.3 Å². The summed E-state index contributed by atoms with van der Waals surface area (Å²) in [5.74, 6) is 2.11. The van der Waals surface area contributed by atoms with Crippen LogP contribution in [0.2, 0.25) is 0 Å². The number of rotatable bonds is 8. The summed E-state index contributed by atoms with van der Waals surface area (Å²) < 4.78 is 10.3. The van der Waals surface area contributed by atoms with Crippen LogP contribution >= 0.6 is 11.6 Å². The Morgan fingerprint density at radius 1 is 1.16 bits per heavy atom. The molecule has 1 aromatic carbocycles. The van der Waals surface area contributed by atoms with Crippen LogP contribution in [0.1, 0.15) is 24.8 Å². The molecule has 0 atom stereocenters. The number of carbonyl (C=O) groups excluding carboxylic acids is 1. The van der Waals surface area contributed by atoms with E-state index >= 15 is 0 Å². The third kappa shape index (κ3) is 5.79. The molecule has 0 bridgehead atoms. The summed E-state index contributed by atoms with van der Waals surface area (Å²) in [6, 6.07) is 5.50. The number of methoxy groups -OCH3 is 2. The molecular weight excluding hydrogens is 264 g/mol. The molecule has 3 nitrogen and oxygen atoms in total. The van der Waals surface area contributed by atoms with E-state index in [9.17, 15) is 4.79 Å². The molecule has 0 aromatic heterocycles. The molecule has 19 heavy (non-hydrogen) atoms. The fourth-order valence-corrected chi connectivity index (χ4v) is 1.78. The van der Waals surface area contributed by atoms with Crippen LogP contribution in [0, 0.1) is 0 Å². The molecule has 0 radical (unpaired) electrons. The van der Waals surface area contributed by atoms with Gasteiger partial charge in [-0.25, -0.2) is 0 Å². The molecule has 0 aliphatic carbocycles. The lowest BCUT2D eigenvalue weighted by Crippen LogP contribution is -1.93. The van der Waals surface area contributed by atoms with Crippen molar-refractivity contribution in [3.63, 3.8) is 0 Å². The Kier molecular flexibility index (Phi) is 7.04. The van der Waals surface area contributed by atoms with E-state index in [1.807, 2.05) is 12.1 Å². The Morgan fingerprint density at radius 2 is 1.79 bits per heavy atom. The first-order valence-electron chi connectivity index (χ1n) is 6.19. The van der Waals surface area contributed by atoms with Crippen molar-refractivity contribution in [3.8, 4) is 11.5 Å². The maximum atomic E-state index is 11.6. The van der Waals surface area contributed by atoms with Crippen LogP contribution in [0.5, 0.6) is 11.5 Å². The first-order valence-corrected chi connectivity index (χ1v) is 6.73. The number of ether oxygens (including phenoxy) is 2. The van der Waals surface area contributed by atoms with E-state index in [2.05, 4.69) is 0 Å². The van der Waals surface area contributed by atoms with Gasteiger partial charge in [-0.15, -0.1) is 11.6 Å². The van der Waals surface area contributed by atoms with Crippen LogP contribution in [0.4, 0.5) is 0 Å². The molecule has 0 N–H and O–H groups in total. The van der Waals surface area contributed by atoms with Crippen molar-refractivity contribution in [2.24, 2.45) is 0 Å². The third-order valence-corrected chi connectivity index (χ3v) is 2.91. The minimum absolute atomic E-state index is 0.104. The van der Waals surface area contributed by atoms with Gasteiger partial charge in [-0.3, -0.25) is 4.79 Å². The number of alkyl halides is 1. The normalized spacial score (nSPS) is 10.7. The predicted octanol–water partition coefficient (Wildman–Crippen LogP) is 3.70. The summed E-state index contributed by atoms with van der Waals surface area (Å²) in [6.07, 6.45) is 5.59. The van der Waals surface area contributed by atoms with Crippen molar-refractivity contribution in [1.29, 1.82) is 0 Å². The molecule has 0 amide bonds. The van der Waals surface area contributed by atoms with E-state index < -0.39 is 0 Å². The molecular formula is C15H19ClO3. The van der Waals surface area contributed by atoms with Crippen molar-refractivity contribution in [2.75, 3.05) is 20.1 Å². The van der Waals surface area contributed by atoms with Gasteiger partial charge in [0.1, 0.15) is 11.5 Å². The predicted molar refractivity (Wildman–Crippen MR) is 78.2 cm³/mol. The van der Waals surface area contributed by atoms with Crippen LogP contribution in [-0.4, -0.2) is 25.9 Å². The molecule has 4 heteroatoms. The van der Waals surface area contributed by atoms with Gasteiger partial charge in [-0.05, 0) is 36.6 Å². The summed E-state index contributed by atoms with van der Waals surface area (Å²) >= 11 is 5.57. The zero-order chi connectivity index (χ0) is 14.1. The Morgan fingerprint density at radius 3 is 2.32 bits per heavy atom. The van der Waals surface area contributed by atoms with E-state index in [0.29, 0.717) is 23.8 Å². The lowest BCUT2D eigenvalue weighted by atomic mass is 10.1. The number of ketones is 1. The van der Waals surface area contributed by atoms with Gasteiger partial charge in [0.2, 0.25) is 0 Å². The molecule has 1 rings (SSSR count). The van der Waals surface area contributed by atoms with Gasteiger partial charge >= 0.3 is 0 Å². The van der Waals surface area contributed by atoms with Crippen LogP contribution in [0.15, 0.2) is 24.3 Å². The van der Waals surface area contributed by atoms with Crippen molar-refractivity contribution in [3.05, 3.63) is 29.8 Å². The van der Waals surface area contributed by atoms with Gasteiger partial charge in [-0.2, -0.15) is 0 Å². The highest BCUT2D eigenvalue weighted by molar-refractivity contribution is 6.17. The van der Waals surface area contributed by atoms with Crippen LogP contribution < -0.4 is 9.47 Å². The van der Waals surface area contributed by atoms with E-state index in [1.165, 1.54) is 0 Å². The molecule has 0 saturated carbocycles. The molecule has 0 fully saturated rings. The second-order valence-corrected chi connectivity index (χ2v) is 4.47. The molecule has 0 heterocycles. The van der Waals surface area contributed by atoms with Crippen LogP contribution in [0.3, 0.4) is 0 Å². The van der Waals surface area contributed by atoms with Crippen LogP contribution in [-0.2, 0) is 4.79 Å². The standard InChI is InChI=1S/C15H19ClO3/c1-18-14-9-12(10-15(11-14)19-2)6-7-13(17)5-3-4-8-16/h6-7,9-11H,3-5,8H2,1-2H3/b7-6+. The highest BCUT2D eigenvalue weighted by atomic mass is 35.5. The van der Waals surface area contributed by atoms with E-state index in [-0.39, 0.29) is 5.78 Å². The van der Waals surface area contributed by atoms with E-state index in [4.69, 9.17) is 21.1 Å². The first kappa shape index (κ1) is 15.6. The average molecular weight is 283 g/mol. The summed E-state index contributed by atoms with van der Waals surface area (Å²) in [7, 11) is 3.19. The number of benzene rings is 1. The Balaban J connectivity index is 2.67. The molecule has 104 valence electrons. The minimum Gasteiger partial charge on any atom is -0.497 e. The lowest BCUT2D eigenvalue weighted by molar-refractivity contribution is -0.114. The molecule has 0 unspecified atom stereocenters. The second-order valence-electron chi connectivity index (χ2n) is 4.09. The van der Waals surface area contributed by atoms with E-state index in [0.717, 1.165) is 18.4 Å². The summed E-state index contributed by atoms with van der Waals surface area (Å²) in [6.45, 7) is 0. The average Bonchev–Trinajstić information content (AvgIpc) is 2.45. The number of allylic oxidation sites excluding steroid dienone is 1. The number of carbonyl (C=O) groups is 1. The summed E-state index contributed by atoms with van der Waals surface area (Å²) in [4.78, 5) is 11.6. The lowest BCUT2D eigenvalue weighted by Gasteiger charge is -2.05. The molecule has 0 spiro atoms. The largest absolute Gasteiger partial charge is 0.497 e. The number of hydrogen-bond acceptors (Lipinski definition) is 3. The highest BCUT2D eigenvalue weighted by Crippen LogP contribution is 2.23. The van der Waals surface area contributed by atoms with Gasteiger partial charge in [0.05, 0.1) is 14.2 Å². The smallest absolute Gasteiger partial charge is 0.155 e. The SMILES string of the molecule is COc1cc(/C=C/C(=O)CCCCCl)cc(OC)c1. The van der Waals surface area contributed by atoms with Gasteiger partial charge < -0.3 is 9.47 Å². The Hall–Kier alpha value is -1.48. The summed E-state index contributed by atoms with van der Waals surface area (Å²) in [5.41, 5.74) is 0.877. The fourth-order valence-electron chi connectivity index (χ4n) is 1.59. The molecule has 1 aromatic rings. The van der Waals surface area contributed by atoms with Gasteiger partial charge in [0, 0.05) is 18.4 Å². The van der Waals surface area contributed by atoms with Crippen molar-refractivity contribution >= 4 is 23.5 Å². The number of halogens is 1. The van der Waals surface area contributed by atoms with E-state index in [1.54, 1.807) is 32.4 Å². The van der Waals surface area contributed by atoms with Gasteiger partial charge in [0.15, 0.2) is 5.78 Å². The third-order valence-electron chi connectivity index (χ3n) is 2.64. The van der Waals surface area contributed by atoms with Gasteiger partial charge in [-0.1, -0.05) is 6.08 Å². The topological polar surface area (TPSA) is 35.5 Å². The maximum absolute atomic E-state index is 11.6. The Bertz CT molecular complexity index is 419. The number of unbranched alkanes of at least 4 members (excludes halogenated alkanes) is 1. The fraction of sp³-hybridized carbons (Fsp3) is 0.400. The van der Waals surface area contributed by atoms with Crippen LogP contribution in [0.25, 0.3) is 6.08 Å². The zero-order valence-corrected chi connectivity index (χ0v) is 12.1. The molecule has 0 saturated heterocycles. The zero-order valence-electron chi connectivity index (χ0n) is 11.3. The van der Waals surface area contributed by atoms with Crippen molar-refractivity contribution < 1.29 is 14.3 Å². The van der Waals surface area contributed by atoms with Gasteiger partial charge in [0.25, 0.3) is 0 Å². The van der Waals surface area contributed by atoms with Crippen molar-refractivity contribution in [1.82, 2.24) is 0 Å². The summed E-state index contributed by atoms with van der Waals surface area (Å²) in [5, 5.41) is 0. The Labute approximate surface area is 119 Å². The highest BCUT2D eigenvalue weighted by Gasteiger charge is 2.01. The second kappa shape index (κ2) is 8.59. The first-order chi connectivity index (χ1) is 9.19. The molecule has 0 aliphatic heterocycles. The quantitative estimate of drug-likeness (QED) is 0.414. The monoisotopic (exact) mass is 282 g/mol.